The average Bonchev–Trinajstić information content (AvgIpc) is 2.82. The van der Waals surface area contributed by atoms with Crippen molar-refractivity contribution in [3.05, 3.63) is 18.5 Å². The fraction of sp³-hybridized carbons (Fsp3) is 0.750. The van der Waals surface area contributed by atoms with E-state index in [0.29, 0.717) is 13.2 Å². The summed E-state index contributed by atoms with van der Waals surface area (Å²) < 4.78 is 12.8. The summed E-state index contributed by atoms with van der Waals surface area (Å²) in [7, 11) is 0. The molecule has 1 heterocycles. The van der Waals surface area contributed by atoms with Gasteiger partial charge in [0.1, 0.15) is 0 Å². The van der Waals surface area contributed by atoms with E-state index in [1.54, 1.807) is 6.20 Å². The minimum atomic E-state index is -0.130. The molecule has 1 N–H and O–H groups in total. The summed E-state index contributed by atoms with van der Waals surface area (Å²) in [5, 5.41) is 7.47. The van der Waals surface area contributed by atoms with Crippen LogP contribution in [0, 0.1) is 0 Å². The second-order valence-electron chi connectivity index (χ2n) is 3.67. The van der Waals surface area contributed by atoms with Gasteiger partial charge in [0.15, 0.2) is 6.29 Å². The molecule has 0 bridgehead atoms. The molecule has 5 nitrogen and oxygen atoms in total. The number of hydrogen-bond acceptors (Lipinski definition) is 4. The van der Waals surface area contributed by atoms with Crippen LogP contribution in [0.25, 0.3) is 0 Å². The highest BCUT2D eigenvalue weighted by Crippen LogP contribution is 1.94. The molecule has 0 aliphatic rings. The number of hydrogen-bond donors (Lipinski definition) is 1. The molecule has 0 aromatic carbocycles. The van der Waals surface area contributed by atoms with Crippen LogP contribution in [0.3, 0.4) is 0 Å². The third kappa shape index (κ3) is 6.41. The van der Waals surface area contributed by atoms with Crippen LogP contribution in [0.15, 0.2) is 18.5 Å². The normalized spacial score (nSPS) is 11.2. The Bertz CT molecular complexity index is 259. The van der Waals surface area contributed by atoms with Crippen molar-refractivity contribution in [2.45, 2.75) is 33.1 Å². The van der Waals surface area contributed by atoms with Gasteiger partial charge in [-0.2, -0.15) is 5.10 Å². The molecule has 0 aliphatic heterocycles. The summed E-state index contributed by atoms with van der Waals surface area (Å²) in [6.45, 7) is 7.93. The Morgan fingerprint density at radius 3 is 2.65 bits per heavy atom. The largest absolute Gasteiger partial charge is 0.352 e. The molecule has 0 unspecified atom stereocenters. The number of aromatic nitrogens is 2. The highest BCUT2D eigenvalue weighted by Gasteiger charge is 2.06. The lowest BCUT2D eigenvalue weighted by Crippen LogP contribution is -2.32. The predicted molar refractivity (Wildman–Crippen MR) is 66.8 cm³/mol. The van der Waals surface area contributed by atoms with Crippen LogP contribution < -0.4 is 5.32 Å². The molecule has 5 heteroatoms. The summed E-state index contributed by atoms with van der Waals surface area (Å²) >= 11 is 0. The summed E-state index contributed by atoms with van der Waals surface area (Å²) in [6.07, 6.45) is 4.69. The van der Waals surface area contributed by atoms with E-state index in [9.17, 15) is 0 Å². The highest BCUT2D eigenvalue weighted by molar-refractivity contribution is 4.77. The minimum Gasteiger partial charge on any atom is -0.352 e. The van der Waals surface area contributed by atoms with Gasteiger partial charge in [-0.3, -0.25) is 4.68 Å². The second kappa shape index (κ2) is 9.15. The smallest absolute Gasteiger partial charge is 0.169 e. The maximum Gasteiger partial charge on any atom is 0.169 e. The van der Waals surface area contributed by atoms with E-state index in [-0.39, 0.29) is 6.29 Å². The van der Waals surface area contributed by atoms with Gasteiger partial charge in [0, 0.05) is 38.7 Å². The summed E-state index contributed by atoms with van der Waals surface area (Å²) in [5.41, 5.74) is 0. The molecule has 17 heavy (non-hydrogen) atoms. The quantitative estimate of drug-likeness (QED) is 0.495. The summed E-state index contributed by atoms with van der Waals surface area (Å²) in [6, 6.07) is 1.94. The van der Waals surface area contributed by atoms with Gasteiger partial charge in [-0.1, -0.05) is 0 Å². The Hall–Kier alpha value is -0.910. The van der Waals surface area contributed by atoms with Crippen molar-refractivity contribution in [3.8, 4) is 0 Å². The van der Waals surface area contributed by atoms with Gasteiger partial charge < -0.3 is 14.8 Å². The van der Waals surface area contributed by atoms with Gasteiger partial charge in [-0.25, -0.2) is 0 Å². The molecule has 0 saturated heterocycles. The third-order valence-electron chi connectivity index (χ3n) is 2.32. The number of rotatable bonds is 10. The van der Waals surface area contributed by atoms with Crippen molar-refractivity contribution in [2.75, 3.05) is 26.3 Å². The van der Waals surface area contributed by atoms with E-state index >= 15 is 0 Å². The summed E-state index contributed by atoms with van der Waals surface area (Å²) in [5.74, 6) is 0. The lowest BCUT2D eigenvalue weighted by molar-refractivity contribution is -0.132. The van der Waals surface area contributed by atoms with E-state index in [0.717, 1.165) is 26.1 Å². The van der Waals surface area contributed by atoms with Crippen LogP contribution >= 0.6 is 0 Å². The van der Waals surface area contributed by atoms with Crippen LogP contribution in [0.5, 0.6) is 0 Å². The highest BCUT2D eigenvalue weighted by atomic mass is 16.7. The first-order valence-electron chi connectivity index (χ1n) is 6.28. The van der Waals surface area contributed by atoms with Gasteiger partial charge in [-0.15, -0.1) is 0 Å². The molecule has 0 atom stereocenters. The van der Waals surface area contributed by atoms with Crippen molar-refractivity contribution in [1.29, 1.82) is 0 Å². The second-order valence-corrected chi connectivity index (χ2v) is 3.67. The number of nitrogens with one attached hydrogen (secondary N) is 1. The zero-order chi connectivity index (χ0) is 12.3. The molecular formula is C12H23N3O2. The zero-order valence-corrected chi connectivity index (χ0v) is 10.8. The molecule has 1 rings (SSSR count). The van der Waals surface area contributed by atoms with E-state index in [4.69, 9.17) is 9.47 Å². The zero-order valence-electron chi connectivity index (χ0n) is 10.8. The van der Waals surface area contributed by atoms with Crippen LogP contribution in [0.2, 0.25) is 0 Å². The molecule has 0 radical (unpaired) electrons. The first-order chi connectivity index (χ1) is 8.36. The summed E-state index contributed by atoms with van der Waals surface area (Å²) in [4.78, 5) is 0. The van der Waals surface area contributed by atoms with Crippen molar-refractivity contribution in [3.63, 3.8) is 0 Å². The van der Waals surface area contributed by atoms with Gasteiger partial charge in [0.25, 0.3) is 0 Å². The Labute approximate surface area is 103 Å². The Balaban J connectivity index is 2.01. The molecule has 1 aromatic rings. The Morgan fingerprint density at radius 1 is 1.29 bits per heavy atom. The number of nitrogens with zero attached hydrogens (tertiary/aromatic N) is 2. The molecular weight excluding hydrogens is 218 g/mol. The SMILES string of the molecule is CCOC(CNCCCn1cccn1)OCC. The van der Waals surface area contributed by atoms with Crippen molar-refractivity contribution in [2.24, 2.45) is 0 Å². The van der Waals surface area contributed by atoms with Gasteiger partial charge in [-0.05, 0) is 32.9 Å². The van der Waals surface area contributed by atoms with Gasteiger partial charge in [0.05, 0.1) is 0 Å². The maximum atomic E-state index is 5.43. The lowest BCUT2D eigenvalue weighted by atomic mass is 10.4. The topological polar surface area (TPSA) is 48.3 Å². The van der Waals surface area contributed by atoms with Crippen molar-refractivity contribution >= 4 is 0 Å². The van der Waals surface area contributed by atoms with Crippen molar-refractivity contribution < 1.29 is 9.47 Å². The monoisotopic (exact) mass is 241 g/mol. The fourth-order valence-corrected chi connectivity index (χ4v) is 1.56. The lowest BCUT2D eigenvalue weighted by Gasteiger charge is -2.17. The van der Waals surface area contributed by atoms with Gasteiger partial charge >= 0.3 is 0 Å². The van der Waals surface area contributed by atoms with Crippen LogP contribution in [-0.2, 0) is 16.0 Å². The van der Waals surface area contributed by atoms with Crippen LogP contribution in [-0.4, -0.2) is 42.4 Å². The molecule has 1 aromatic heterocycles. The fourth-order valence-electron chi connectivity index (χ4n) is 1.56. The van der Waals surface area contributed by atoms with E-state index in [2.05, 4.69) is 10.4 Å². The van der Waals surface area contributed by atoms with Crippen molar-refractivity contribution in [1.82, 2.24) is 15.1 Å². The van der Waals surface area contributed by atoms with E-state index < -0.39 is 0 Å². The molecule has 0 saturated carbocycles. The Kier molecular flexibility index (Phi) is 7.62. The van der Waals surface area contributed by atoms with Crippen LogP contribution in [0.1, 0.15) is 20.3 Å². The molecule has 0 aliphatic carbocycles. The predicted octanol–water partition coefficient (Wildman–Crippen LogP) is 1.26. The molecule has 98 valence electrons. The first kappa shape index (κ1) is 14.2. The molecule has 0 spiro atoms. The number of ether oxygens (including phenoxy) is 2. The molecule has 0 fully saturated rings. The maximum absolute atomic E-state index is 5.43. The molecule has 0 amide bonds. The first-order valence-corrected chi connectivity index (χ1v) is 6.28. The van der Waals surface area contributed by atoms with Crippen LogP contribution in [0.4, 0.5) is 0 Å². The third-order valence-corrected chi connectivity index (χ3v) is 2.32. The van der Waals surface area contributed by atoms with E-state index in [1.807, 2.05) is 30.8 Å². The minimum absolute atomic E-state index is 0.130. The van der Waals surface area contributed by atoms with Gasteiger partial charge in [0.2, 0.25) is 0 Å². The number of aryl methyl sites for hydroxylation is 1. The average molecular weight is 241 g/mol. The standard InChI is InChI=1S/C12H23N3O2/c1-3-16-12(17-4-2)11-13-7-5-9-15-10-6-8-14-15/h6,8,10,12-13H,3-5,7,9,11H2,1-2H3. The Morgan fingerprint density at radius 2 is 2.06 bits per heavy atom. The van der Waals surface area contributed by atoms with E-state index in [1.165, 1.54) is 0 Å².